The smallest absolute Gasteiger partial charge is 0.254 e. The summed E-state index contributed by atoms with van der Waals surface area (Å²) in [7, 11) is -3.52. The summed E-state index contributed by atoms with van der Waals surface area (Å²) in [4.78, 5) is 14.6. The van der Waals surface area contributed by atoms with Gasteiger partial charge in [-0.2, -0.15) is 0 Å². The van der Waals surface area contributed by atoms with Crippen LogP contribution in [-0.4, -0.2) is 37.4 Å². The SMILES string of the molecule is CC(C)NS(=O)(=O)c1ccc(C(=O)N(C(C)C)C2CC2)cc1. The van der Waals surface area contributed by atoms with Crippen LogP contribution in [0.15, 0.2) is 29.2 Å². The molecule has 0 atom stereocenters. The third-order valence-electron chi connectivity index (χ3n) is 3.53. The lowest BCUT2D eigenvalue weighted by Gasteiger charge is -2.26. The Hall–Kier alpha value is -1.40. The number of nitrogens with one attached hydrogen (secondary N) is 1. The van der Waals surface area contributed by atoms with E-state index >= 15 is 0 Å². The first-order valence-corrected chi connectivity index (χ1v) is 9.15. The first-order valence-electron chi connectivity index (χ1n) is 7.67. The minimum atomic E-state index is -3.52. The molecule has 0 unspecified atom stereocenters. The zero-order valence-electron chi connectivity index (χ0n) is 13.5. The van der Waals surface area contributed by atoms with Crippen molar-refractivity contribution < 1.29 is 13.2 Å². The Labute approximate surface area is 132 Å². The molecular formula is C16H24N2O3S. The van der Waals surface area contributed by atoms with E-state index in [4.69, 9.17) is 0 Å². The number of benzene rings is 1. The molecule has 1 fully saturated rings. The molecule has 5 nitrogen and oxygen atoms in total. The summed E-state index contributed by atoms with van der Waals surface area (Å²) in [5.74, 6) is -0.0294. The van der Waals surface area contributed by atoms with Crippen LogP contribution >= 0.6 is 0 Å². The number of hydrogen-bond acceptors (Lipinski definition) is 3. The van der Waals surface area contributed by atoms with E-state index in [1.807, 2.05) is 18.7 Å². The van der Waals surface area contributed by atoms with Crippen LogP contribution in [0.4, 0.5) is 0 Å². The predicted octanol–water partition coefficient (Wildman–Crippen LogP) is 2.39. The molecule has 122 valence electrons. The molecule has 1 N–H and O–H groups in total. The number of carbonyl (C=O) groups is 1. The Kier molecular flexibility index (Phi) is 4.92. The summed E-state index contributed by atoms with van der Waals surface area (Å²) in [5.41, 5.74) is 0.532. The molecule has 0 spiro atoms. The molecule has 0 heterocycles. The van der Waals surface area contributed by atoms with Crippen molar-refractivity contribution in [2.45, 2.75) is 63.6 Å². The topological polar surface area (TPSA) is 66.5 Å². The van der Waals surface area contributed by atoms with E-state index in [-0.39, 0.29) is 22.9 Å². The third kappa shape index (κ3) is 3.87. The van der Waals surface area contributed by atoms with Gasteiger partial charge in [0.2, 0.25) is 10.0 Å². The van der Waals surface area contributed by atoms with Crippen molar-refractivity contribution in [3.05, 3.63) is 29.8 Å². The summed E-state index contributed by atoms with van der Waals surface area (Å²) in [6.07, 6.45) is 2.10. The zero-order valence-corrected chi connectivity index (χ0v) is 14.4. The van der Waals surface area contributed by atoms with Crippen molar-refractivity contribution in [2.75, 3.05) is 0 Å². The van der Waals surface area contributed by atoms with Crippen LogP contribution in [0.3, 0.4) is 0 Å². The lowest BCUT2D eigenvalue weighted by atomic mass is 10.1. The van der Waals surface area contributed by atoms with Crippen LogP contribution in [0.2, 0.25) is 0 Å². The molecule has 2 rings (SSSR count). The number of nitrogens with zero attached hydrogens (tertiary/aromatic N) is 1. The molecule has 22 heavy (non-hydrogen) atoms. The first-order chi connectivity index (χ1) is 10.2. The van der Waals surface area contributed by atoms with Gasteiger partial charge >= 0.3 is 0 Å². The lowest BCUT2D eigenvalue weighted by molar-refractivity contribution is 0.0690. The van der Waals surface area contributed by atoms with Crippen LogP contribution < -0.4 is 4.72 Å². The van der Waals surface area contributed by atoms with Gasteiger partial charge in [-0.05, 0) is 64.8 Å². The Morgan fingerprint density at radius 3 is 2.09 bits per heavy atom. The highest BCUT2D eigenvalue weighted by Gasteiger charge is 2.34. The van der Waals surface area contributed by atoms with Gasteiger partial charge in [-0.25, -0.2) is 13.1 Å². The normalized spacial score (nSPS) is 15.4. The van der Waals surface area contributed by atoms with Gasteiger partial charge in [0.25, 0.3) is 5.91 Å². The number of amides is 1. The van der Waals surface area contributed by atoms with Crippen LogP contribution in [0.5, 0.6) is 0 Å². The van der Waals surface area contributed by atoms with Crippen molar-refractivity contribution in [3.63, 3.8) is 0 Å². The molecular weight excluding hydrogens is 300 g/mol. The van der Waals surface area contributed by atoms with Crippen molar-refractivity contribution in [3.8, 4) is 0 Å². The highest BCUT2D eigenvalue weighted by Crippen LogP contribution is 2.30. The molecule has 1 saturated carbocycles. The van der Waals surface area contributed by atoms with E-state index in [0.717, 1.165) is 12.8 Å². The Balaban J connectivity index is 2.19. The Morgan fingerprint density at radius 2 is 1.68 bits per heavy atom. The maximum atomic E-state index is 12.6. The van der Waals surface area contributed by atoms with Crippen molar-refractivity contribution in [1.29, 1.82) is 0 Å². The maximum Gasteiger partial charge on any atom is 0.254 e. The number of sulfonamides is 1. The fraction of sp³-hybridized carbons (Fsp3) is 0.562. The fourth-order valence-corrected chi connectivity index (χ4v) is 3.73. The van der Waals surface area contributed by atoms with E-state index in [0.29, 0.717) is 11.6 Å². The summed E-state index contributed by atoms with van der Waals surface area (Å²) >= 11 is 0. The second-order valence-electron chi connectivity index (χ2n) is 6.34. The molecule has 1 aliphatic rings. The quantitative estimate of drug-likeness (QED) is 0.873. The summed E-state index contributed by atoms with van der Waals surface area (Å²) in [6, 6.07) is 6.47. The second kappa shape index (κ2) is 6.38. The van der Waals surface area contributed by atoms with Crippen molar-refractivity contribution in [2.24, 2.45) is 0 Å². The summed E-state index contributed by atoms with van der Waals surface area (Å²) < 4.78 is 26.7. The van der Waals surface area contributed by atoms with E-state index < -0.39 is 10.0 Å². The minimum Gasteiger partial charge on any atom is -0.333 e. The van der Waals surface area contributed by atoms with Gasteiger partial charge < -0.3 is 4.90 Å². The molecule has 0 aromatic heterocycles. The van der Waals surface area contributed by atoms with Crippen LogP contribution in [0, 0.1) is 0 Å². The van der Waals surface area contributed by atoms with Gasteiger partial charge in [-0.3, -0.25) is 4.79 Å². The summed E-state index contributed by atoms with van der Waals surface area (Å²) in [5, 5.41) is 0. The van der Waals surface area contributed by atoms with Crippen LogP contribution in [0.1, 0.15) is 50.9 Å². The van der Waals surface area contributed by atoms with Crippen LogP contribution in [-0.2, 0) is 10.0 Å². The van der Waals surface area contributed by atoms with E-state index in [2.05, 4.69) is 4.72 Å². The van der Waals surface area contributed by atoms with E-state index in [1.54, 1.807) is 26.0 Å². The molecule has 1 aliphatic carbocycles. The van der Waals surface area contributed by atoms with Gasteiger partial charge in [0.15, 0.2) is 0 Å². The van der Waals surface area contributed by atoms with E-state index in [1.165, 1.54) is 12.1 Å². The molecule has 1 aromatic carbocycles. The molecule has 0 saturated heterocycles. The van der Waals surface area contributed by atoms with Gasteiger partial charge in [0.05, 0.1) is 4.90 Å². The number of hydrogen-bond donors (Lipinski definition) is 1. The molecule has 0 radical (unpaired) electrons. The van der Waals surface area contributed by atoms with Gasteiger partial charge in [0.1, 0.15) is 0 Å². The fourth-order valence-electron chi connectivity index (χ4n) is 2.48. The lowest BCUT2D eigenvalue weighted by Crippen LogP contribution is -2.38. The summed E-state index contributed by atoms with van der Waals surface area (Å²) in [6.45, 7) is 7.54. The average Bonchev–Trinajstić information content (AvgIpc) is 3.21. The Bertz CT molecular complexity index is 630. The monoisotopic (exact) mass is 324 g/mol. The predicted molar refractivity (Wildman–Crippen MR) is 86.2 cm³/mol. The van der Waals surface area contributed by atoms with E-state index in [9.17, 15) is 13.2 Å². The molecule has 6 heteroatoms. The molecule has 0 aliphatic heterocycles. The number of rotatable bonds is 6. The minimum absolute atomic E-state index is 0.0294. The Morgan fingerprint density at radius 1 is 1.14 bits per heavy atom. The standard InChI is InChI=1S/C16H24N2O3S/c1-11(2)17-22(20,21)15-9-5-13(6-10-15)16(19)18(12(3)4)14-7-8-14/h5-6,9-12,14,17H,7-8H2,1-4H3. The third-order valence-corrected chi connectivity index (χ3v) is 5.21. The van der Waals surface area contributed by atoms with Gasteiger partial charge in [-0.15, -0.1) is 0 Å². The highest BCUT2D eigenvalue weighted by molar-refractivity contribution is 7.89. The largest absolute Gasteiger partial charge is 0.333 e. The van der Waals surface area contributed by atoms with Crippen molar-refractivity contribution in [1.82, 2.24) is 9.62 Å². The molecule has 1 amide bonds. The average molecular weight is 324 g/mol. The van der Waals surface area contributed by atoms with Gasteiger partial charge in [-0.1, -0.05) is 0 Å². The molecule has 0 bridgehead atoms. The highest BCUT2D eigenvalue weighted by atomic mass is 32.2. The van der Waals surface area contributed by atoms with Crippen molar-refractivity contribution >= 4 is 15.9 Å². The number of carbonyl (C=O) groups excluding carboxylic acids is 1. The zero-order chi connectivity index (χ0) is 16.5. The first kappa shape index (κ1) is 17.0. The van der Waals surface area contributed by atoms with Crippen LogP contribution in [0.25, 0.3) is 0 Å². The molecule has 1 aromatic rings. The maximum absolute atomic E-state index is 12.6. The second-order valence-corrected chi connectivity index (χ2v) is 8.05. The van der Waals surface area contributed by atoms with Gasteiger partial charge in [0, 0.05) is 23.7 Å².